The van der Waals surface area contributed by atoms with Gasteiger partial charge < -0.3 is 5.32 Å². The molecular formula is C16H12FN3OS2. The molecule has 3 heterocycles. The zero-order valence-electron chi connectivity index (χ0n) is 12.2. The molecule has 116 valence electrons. The number of nitrogens with zero attached hydrogens (tertiary/aromatic N) is 2. The van der Waals surface area contributed by atoms with Crippen LogP contribution in [0.3, 0.4) is 0 Å². The van der Waals surface area contributed by atoms with Crippen molar-refractivity contribution in [3.63, 3.8) is 0 Å². The van der Waals surface area contributed by atoms with Crippen LogP contribution in [0.15, 0.2) is 35.8 Å². The summed E-state index contributed by atoms with van der Waals surface area (Å²) in [6.07, 6.45) is 1.94. The summed E-state index contributed by atoms with van der Waals surface area (Å²) in [4.78, 5) is 19.2. The first-order valence-corrected chi connectivity index (χ1v) is 8.70. The average molecular weight is 345 g/mol. The van der Waals surface area contributed by atoms with Gasteiger partial charge in [0.1, 0.15) is 10.6 Å². The van der Waals surface area contributed by atoms with Gasteiger partial charge in [-0.05, 0) is 30.2 Å². The second-order valence-corrected chi connectivity index (χ2v) is 7.14. The fourth-order valence-corrected chi connectivity index (χ4v) is 4.09. The first kappa shape index (κ1) is 14.3. The molecule has 0 fully saturated rings. The molecule has 1 amide bonds. The Morgan fingerprint density at radius 3 is 3.09 bits per heavy atom. The third-order valence-electron chi connectivity index (χ3n) is 3.65. The van der Waals surface area contributed by atoms with Crippen LogP contribution >= 0.6 is 22.7 Å². The highest BCUT2D eigenvalue weighted by atomic mass is 32.1. The zero-order chi connectivity index (χ0) is 16.0. The topological polar surface area (TPSA) is 46.4 Å². The van der Waals surface area contributed by atoms with E-state index < -0.39 is 0 Å². The lowest BCUT2D eigenvalue weighted by molar-refractivity contribution is 0.0955. The van der Waals surface area contributed by atoms with Crippen LogP contribution in [-0.2, 0) is 6.54 Å². The molecule has 0 saturated heterocycles. The van der Waals surface area contributed by atoms with Crippen molar-refractivity contribution in [3.8, 4) is 0 Å². The first-order valence-electron chi connectivity index (χ1n) is 7.00. The van der Waals surface area contributed by atoms with Gasteiger partial charge in [0.25, 0.3) is 5.91 Å². The molecule has 7 heteroatoms. The molecule has 4 rings (SSSR count). The Morgan fingerprint density at radius 1 is 1.39 bits per heavy atom. The summed E-state index contributed by atoms with van der Waals surface area (Å²) in [7, 11) is 0. The van der Waals surface area contributed by atoms with Crippen molar-refractivity contribution in [1.29, 1.82) is 0 Å². The Bertz CT molecular complexity index is 1030. The number of carbonyl (C=O) groups excluding carboxylic acids is 1. The quantitative estimate of drug-likeness (QED) is 0.610. The summed E-state index contributed by atoms with van der Waals surface area (Å²) in [6.45, 7) is 2.01. The molecule has 0 aliphatic carbocycles. The SMILES string of the molecule is Cc1ccc(CNC(=O)c2cc3c(nc4sccn43)s2)cc1F. The molecule has 0 unspecified atom stereocenters. The monoisotopic (exact) mass is 345 g/mol. The van der Waals surface area contributed by atoms with Crippen LogP contribution in [0.25, 0.3) is 15.3 Å². The van der Waals surface area contributed by atoms with Crippen molar-refractivity contribution < 1.29 is 9.18 Å². The zero-order valence-corrected chi connectivity index (χ0v) is 13.8. The van der Waals surface area contributed by atoms with Gasteiger partial charge in [0.05, 0.1) is 10.4 Å². The number of hydrogen-bond donors (Lipinski definition) is 1. The molecule has 0 atom stereocenters. The van der Waals surface area contributed by atoms with Crippen LogP contribution in [0.5, 0.6) is 0 Å². The van der Waals surface area contributed by atoms with Gasteiger partial charge >= 0.3 is 0 Å². The molecule has 0 aliphatic heterocycles. The molecule has 0 radical (unpaired) electrons. The number of benzene rings is 1. The lowest BCUT2D eigenvalue weighted by atomic mass is 10.1. The molecule has 3 aromatic heterocycles. The van der Waals surface area contributed by atoms with Crippen LogP contribution < -0.4 is 5.32 Å². The van der Waals surface area contributed by atoms with E-state index in [1.54, 1.807) is 24.3 Å². The molecule has 4 nitrogen and oxygen atoms in total. The van der Waals surface area contributed by atoms with Crippen LogP contribution in [0.1, 0.15) is 20.8 Å². The van der Waals surface area contributed by atoms with Crippen molar-refractivity contribution in [2.75, 3.05) is 0 Å². The standard InChI is InChI=1S/C16H12FN3OS2/c1-9-2-3-10(6-11(9)17)8-18-14(21)13-7-12-15(23-13)19-16-20(12)4-5-22-16/h2-7H,8H2,1H3,(H,18,21). The number of amides is 1. The maximum absolute atomic E-state index is 13.5. The summed E-state index contributed by atoms with van der Waals surface area (Å²) in [5.41, 5.74) is 2.28. The van der Waals surface area contributed by atoms with E-state index in [-0.39, 0.29) is 11.7 Å². The number of thiazole rings is 1. The van der Waals surface area contributed by atoms with E-state index in [9.17, 15) is 9.18 Å². The van der Waals surface area contributed by atoms with Crippen LogP contribution in [0.4, 0.5) is 4.39 Å². The fourth-order valence-electron chi connectivity index (χ4n) is 2.38. The number of fused-ring (bicyclic) bond motifs is 3. The number of carbonyl (C=O) groups is 1. The van der Waals surface area contributed by atoms with Gasteiger partial charge in [0.2, 0.25) is 0 Å². The van der Waals surface area contributed by atoms with Crippen LogP contribution in [0, 0.1) is 12.7 Å². The van der Waals surface area contributed by atoms with Gasteiger partial charge in [-0.1, -0.05) is 12.1 Å². The maximum atomic E-state index is 13.5. The van der Waals surface area contributed by atoms with Crippen molar-refractivity contribution in [1.82, 2.24) is 14.7 Å². The normalized spacial score (nSPS) is 11.4. The van der Waals surface area contributed by atoms with E-state index in [2.05, 4.69) is 10.3 Å². The van der Waals surface area contributed by atoms with Gasteiger partial charge in [0.15, 0.2) is 4.96 Å². The van der Waals surface area contributed by atoms with Crippen molar-refractivity contribution >= 4 is 43.9 Å². The molecule has 1 aromatic carbocycles. The van der Waals surface area contributed by atoms with Gasteiger partial charge in [-0.15, -0.1) is 22.7 Å². The summed E-state index contributed by atoms with van der Waals surface area (Å²) in [6, 6.07) is 6.82. The number of halogens is 1. The van der Waals surface area contributed by atoms with Crippen LogP contribution in [0.2, 0.25) is 0 Å². The highest BCUT2D eigenvalue weighted by molar-refractivity contribution is 7.21. The molecule has 1 N–H and O–H groups in total. The predicted molar refractivity (Wildman–Crippen MR) is 90.8 cm³/mol. The van der Waals surface area contributed by atoms with Crippen molar-refractivity contribution in [2.45, 2.75) is 13.5 Å². The van der Waals surface area contributed by atoms with Gasteiger partial charge in [-0.3, -0.25) is 9.20 Å². The van der Waals surface area contributed by atoms with E-state index in [4.69, 9.17) is 0 Å². The lowest BCUT2D eigenvalue weighted by Gasteiger charge is -2.05. The average Bonchev–Trinajstić information content (AvgIpc) is 3.19. The molecule has 23 heavy (non-hydrogen) atoms. The summed E-state index contributed by atoms with van der Waals surface area (Å²) < 4.78 is 15.5. The Kier molecular flexibility index (Phi) is 3.39. The fraction of sp³-hybridized carbons (Fsp3) is 0.125. The largest absolute Gasteiger partial charge is 0.347 e. The number of aromatic nitrogens is 2. The third-order valence-corrected chi connectivity index (χ3v) is 5.43. The highest BCUT2D eigenvalue weighted by Gasteiger charge is 2.15. The summed E-state index contributed by atoms with van der Waals surface area (Å²) >= 11 is 2.93. The Morgan fingerprint density at radius 2 is 2.26 bits per heavy atom. The second kappa shape index (κ2) is 5.43. The molecule has 0 aliphatic rings. The van der Waals surface area contributed by atoms with Crippen molar-refractivity contribution in [3.05, 3.63) is 57.7 Å². The minimum Gasteiger partial charge on any atom is -0.347 e. The van der Waals surface area contributed by atoms with E-state index >= 15 is 0 Å². The molecular weight excluding hydrogens is 333 g/mol. The van der Waals surface area contributed by atoms with E-state index in [0.29, 0.717) is 17.0 Å². The number of thiophene rings is 1. The number of nitrogens with one attached hydrogen (secondary N) is 1. The number of imidazole rings is 1. The predicted octanol–water partition coefficient (Wildman–Crippen LogP) is 3.99. The van der Waals surface area contributed by atoms with E-state index in [1.165, 1.54) is 17.4 Å². The minimum absolute atomic E-state index is 0.169. The maximum Gasteiger partial charge on any atom is 0.261 e. The molecule has 0 spiro atoms. The first-order chi connectivity index (χ1) is 11.1. The lowest BCUT2D eigenvalue weighted by Crippen LogP contribution is -2.21. The van der Waals surface area contributed by atoms with E-state index in [1.807, 2.05) is 28.1 Å². The Balaban J connectivity index is 1.54. The number of aryl methyl sites for hydroxylation is 1. The smallest absolute Gasteiger partial charge is 0.261 e. The highest BCUT2D eigenvalue weighted by Crippen LogP contribution is 2.28. The van der Waals surface area contributed by atoms with Crippen LogP contribution in [-0.4, -0.2) is 15.3 Å². The number of rotatable bonds is 3. The van der Waals surface area contributed by atoms with Gasteiger partial charge in [-0.2, -0.15) is 0 Å². The van der Waals surface area contributed by atoms with E-state index in [0.717, 1.165) is 20.9 Å². The second-order valence-electron chi connectivity index (χ2n) is 5.23. The summed E-state index contributed by atoms with van der Waals surface area (Å²) in [5, 5.41) is 4.79. The van der Waals surface area contributed by atoms with Crippen molar-refractivity contribution in [2.24, 2.45) is 0 Å². The molecule has 0 saturated carbocycles. The molecule has 0 bridgehead atoms. The van der Waals surface area contributed by atoms with Gasteiger partial charge in [-0.25, -0.2) is 9.37 Å². The molecule has 4 aromatic rings. The number of hydrogen-bond acceptors (Lipinski definition) is 4. The Hall–Kier alpha value is -2.25. The van der Waals surface area contributed by atoms with Gasteiger partial charge in [0, 0.05) is 18.1 Å². The third kappa shape index (κ3) is 2.51. The minimum atomic E-state index is -0.257. The summed E-state index contributed by atoms with van der Waals surface area (Å²) in [5.74, 6) is -0.426. The Labute approximate surface area is 139 Å².